The zero-order chi connectivity index (χ0) is 19.2. The van der Waals surface area contributed by atoms with Crippen molar-refractivity contribution in [2.75, 3.05) is 14.1 Å². The quantitative estimate of drug-likeness (QED) is 0.461. The van der Waals surface area contributed by atoms with Gasteiger partial charge in [-0.25, -0.2) is 14.1 Å². The van der Waals surface area contributed by atoms with E-state index in [0.717, 1.165) is 20.2 Å². The monoisotopic (exact) mass is 350 g/mol. The van der Waals surface area contributed by atoms with Crippen molar-refractivity contribution in [3.8, 4) is 0 Å². The van der Waals surface area contributed by atoms with E-state index in [0.29, 0.717) is 17.9 Å². The third-order valence-corrected chi connectivity index (χ3v) is 5.11. The van der Waals surface area contributed by atoms with Crippen LogP contribution in [-0.2, 0) is 16.6 Å². The highest BCUT2D eigenvalue weighted by Gasteiger charge is 2.50. The van der Waals surface area contributed by atoms with E-state index in [4.69, 9.17) is 0 Å². The molecule has 1 atom stereocenters. The minimum Gasteiger partial charge on any atom is -0.711 e. The van der Waals surface area contributed by atoms with Crippen molar-refractivity contribution in [1.29, 1.82) is 0 Å². The van der Waals surface area contributed by atoms with Crippen molar-refractivity contribution in [1.82, 2.24) is 14.4 Å². The average Bonchev–Trinajstić information content (AvgIpc) is 2.73. The molecule has 0 bridgehead atoms. The Morgan fingerprint density at radius 2 is 1.52 bits per heavy atom. The Morgan fingerprint density at radius 1 is 1.04 bits per heavy atom. The highest BCUT2D eigenvalue weighted by molar-refractivity contribution is 6.16. The van der Waals surface area contributed by atoms with Gasteiger partial charge in [0.2, 0.25) is 11.8 Å². The number of urea groups is 1. The molecule has 1 saturated heterocycles. The van der Waals surface area contributed by atoms with Gasteiger partial charge in [0, 0.05) is 27.9 Å². The maximum atomic E-state index is 12.7. The van der Waals surface area contributed by atoms with E-state index < -0.39 is 29.7 Å². The smallest absolute Gasteiger partial charge is 0.332 e. The molecule has 0 aromatic carbocycles. The zero-order valence-electron chi connectivity index (χ0n) is 15.9. The molecule has 25 heavy (non-hydrogen) atoms. The highest BCUT2D eigenvalue weighted by Crippen LogP contribution is 2.35. The van der Waals surface area contributed by atoms with E-state index in [1.165, 1.54) is 14.1 Å². The molecule has 2 rings (SSSR count). The molecular weight excluding hydrogens is 324 g/mol. The molecule has 1 aromatic heterocycles. The van der Waals surface area contributed by atoms with Crippen molar-refractivity contribution in [2.45, 2.75) is 40.0 Å². The van der Waals surface area contributed by atoms with E-state index in [2.05, 4.69) is 0 Å². The van der Waals surface area contributed by atoms with Crippen LogP contribution in [0.25, 0.3) is 0 Å². The Bertz CT molecular complexity index is 688. The van der Waals surface area contributed by atoms with Crippen LogP contribution in [0.3, 0.4) is 0 Å². The molecule has 1 aromatic rings. The van der Waals surface area contributed by atoms with Crippen LogP contribution < -0.4 is 4.73 Å². The Labute approximate surface area is 147 Å². The van der Waals surface area contributed by atoms with Crippen LogP contribution >= 0.6 is 0 Å². The van der Waals surface area contributed by atoms with Crippen LogP contribution in [0, 0.1) is 30.9 Å². The van der Waals surface area contributed by atoms with Gasteiger partial charge in [-0.05, 0) is 12.3 Å². The lowest BCUT2D eigenvalue weighted by molar-refractivity contribution is -0.622. The molecule has 2 heterocycles. The number of barbiturate groups is 1. The van der Waals surface area contributed by atoms with E-state index in [1.54, 1.807) is 18.5 Å². The number of carbonyl (C=O) groups excluding carboxylic acids is 3. The molecule has 0 saturated carbocycles. The zero-order valence-corrected chi connectivity index (χ0v) is 15.9. The summed E-state index contributed by atoms with van der Waals surface area (Å²) in [5, 5.41) is 12.7. The normalized spacial score (nSPS) is 17.8. The molecule has 4 amide bonds. The second-order valence-corrected chi connectivity index (χ2v) is 7.17. The van der Waals surface area contributed by atoms with Crippen molar-refractivity contribution in [3.63, 3.8) is 0 Å². The van der Waals surface area contributed by atoms with Gasteiger partial charge in [-0.2, -0.15) is 0 Å². The number of imidazole rings is 1. The summed E-state index contributed by atoms with van der Waals surface area (Å²) in [5.41, 5.74) is 1.33. The van der Waals surface area contributed by atoms with Gasteiger partial charge in [0.1, 0.15) is 17.3 Å². The predicted molar refractivity (Wildman–Crippen MR) is 90.5 cm³/mol. The molecule has 0 N–H and O–H groups in total. The minimum atomic E-state index is -1.08. The first-order valence-electron chi connectivity index (χ1n) is 8.35. The first kappa shape index (κ1) is 19.0. The third kappa shape index (κ3) is 2.89. The molecule has 0 aliphatic carbocycles. The summed E-state index contributed by atoms with van der Waals surface area (Å²) in [6.07, 6.45) is 0.483. The Balaban J connectivity index is 2.62. The summed E-state index contributed by atoms with van der Waals surface area (Å²) in [4.78, 5) is 39.4. The van der Waals surface area contributed by atoms with E-state index >= 15 is 0 Å². The minimum absolute atomic E-state index is 0.161. The molecule has 0 radical (unpaired) electrons. The predicted octanol–water partition coefficient (Wildman–Crippen LogP) is 1.07. The van der Waals surface area contributed by atoms with Gasteiger partial charge in [0.15, 0.2) is 0 Å². The van der Waals surface area contributed by atoms with Crippen LogP contribution in [-0.4, -0.2) is 46.3 Å². The first-order valence-corrected chi connectivity index (χ1v) is 8.35. The van der Waals surface area contributed by atoms with Gasteiger partial charge in [-0.3, -0.25) is 19.4 Å². The van der Waals surface area contributed by atoms with Crippen molar-refractivity contribution >= 4 is 17.8 Å². The molecule has 1 unspecified atom stereocenters. The van der Waals surface area contributed by atoms with Gasteiger partial charge in [-0.15, -0.1) is 0 Å². The van der Waals surface area contributed by atoms with Crippen LogP contribution in [0.4, 0.5) is 4.79 Å². The van der Waals surface area contributed by atoms with Gasteiger partial charge in [-0.1, -0.05) is 13.8 Å². The summed E-state index contributed by atoms with van der Waals surface area (Å²) >= 11 is 0. The largest absolute Gasteiger partial charge is 0.711 e. The van der Waals surface area contributed by atoms with Gasteiger partial charge in [0.05, 0.1) is 13.0 Å². The number of amides is 4. The fourth-order valence-corrected chi connectivity index (χ4v) is 3.45. The standard InChI is InChI=1S/C17H26N4O4/c1-9(2)8-12(14-18(5)10(3)11(4)21(14)25)13-15(22)19(6)17(24)20(7)16(13)23/h9,12-13H,8H2,1-7H3. The third-order valence-electron chi connectivity index (χ3n) is 5.11. The topological polar surface area (TPSA) is 89.6 Å². The average molecular weight is 350 g/mol. The Kier molecular flexibility index (Phi) is 4.92. The summed E-state index contributed by atoms with van der Waals surface area (Å²) in [6.45, 7) is 7.48. The van der Waals surface area contributed by atoms with Gasteiger partial charge in [0.25, 0.3) is 5.82 Å². The fraction of sp³-hybridized carbons (Fsp3) is 0.647. The van der Waals surface area contributed by atoms with Crippen LogP contribution in [0.2, 0.25) is 0 Å². The second-order valence-electron chi connectivity index (χ2n) is 7.17. The SMILES string of the molecule is Cc1c(C)[n+]([O-])c(C(CC(C)C)C2C(=O)N(C)C(=O)N(C)C2=O)n1C. The summed E-state index contributed by atoms with van der Waals surface area (Å²) in [7, 11) is 4.48. The van der Waals surface area contributed by atoms with E-state index in [1.807, 2.05) is 20.8 Å². The number of imide groups is 2. The summed E-state index contributed by atoms with van der Waals surface area (Å²) in [5.74, 6) is -2.26. The first-order chi connectivity index (χ1) is 11.5. The highest BCUT2D eigenvalue weighted by atomic mass is 16.5. The molecule has 138 valence electrons. The summed E-state index contributed by atoms with van der Waals surface area (Å²) in [6, 6.07) is -0.649. The number of nitrogens with zero attached hydrogens (tertiary/aromatic N) is 4. The summed E-state index contributed by atoms with van der Waals surface area (Å²) < 4.78 is 2.55. The lowest BCUT2D eigenvalue weighted by Crippen LogP contribution is -2.59. The molecule has 1 fully saturated rings. The molecule has 1 aliphatic heterocycles. The molecule has 0 spiro atoms. The van der Waals surface area contributed by atoms with Crippen molar-refractivity contribution in [2.24, 2.45) is 18.9 Å². The van der Waals surface area contributed by atoms with Gasteiger partial charge >= 0.3 is 6.03 Å². The van der Waals surface area contributed by atoms with Crippen molar-refractivity contribution in [3.05, 3.63) is 22.4 Å². The molecule has 1 aliphatic rings. The lowest BCUT2D eigenvalue weighted by Gasteiger charge is -2.36. The molecular formula is C17H26N4O4. The number of hydrogen-bond acceptors (Lipinski definition) is 4. The molecule has 8 nitrogen and oxygen atoms in total. The number of aromatic nitrogens is 2. The molecule has 8 heteroatoms. The number of rotatable bonds is 4. The second kappa shape index (κ2) is 6.50. The van der Waals surface area contributed by atoms with Crippen LogP contribution in [0.1, 0.15) is 43.4 Å². The van der Waals surface area contributed by atoms with Crippen LogP contribution in [0.5, 0.6) is 0 Å². The Morgan fingerprint density at radius 3 is 1.88 bits per heavy atom. The Hall–Kier alpha value is -2.38. The van der Waals surface area contributed by atoms with Crippen LogP contribution in [0.15, 0.2) is 0 Å². The number of carbonyl (C=O) groups is 3. The number of hydrogen-bond donors (Lipinski definition) is 0. The van der Waals surface area contributed by atoms with Crippen molar-refractivity contribution < 1.29 is 19.1 Å². The van der Waals surface area contributed by atoms with Gasteiger partial charge < -0.3 is 5.21 Å². The maximum absolute atomic E-state index is 12.7. The maximum Gasteiger partial charge on any atom is 0.332 e. The fourth-order valence-electron chi connectivity index (χ4n) is 3.45. The lowest BCUT2D eigenvalue weighted by atomic mass is 9.82. The van der Waals surface area contributed by atoms with E-state index in [9.17, 15) is 19.6 Å². The van der Waals surface area contributed by atoms with E-state index in [-0.39, 0.29) is 5.92 Å².